The normalized spacial score (nSPS) is 20.1. The number of nitrogens with zero attached hydrogens (tertiary/aromatic N) is 2. The number of carbonyl (C=O) groups excluding carboxylic acids is 2. The second-order valence-electron chi connectivity index (χ2n) is 6.31. The fourth-order valence-corrected chi connectivity index (χ4v) is 3.61. The zero-order valence-corrected chi connectivity index (χ0v) is 13.8. The molecule has 0 bridgehead atoms. The van der Waals surface area contributed by atoms with Crippen molar-refractivity contribution in [2.24, 2.45) is 0 Å². The average Bonchev–Trinajstić information content (AvgIpc) is 3.06. The molecule has 1 spiro atoms. The largest absolute Gasteiger partial charge is 0.342 e. The molecule has 24 heavy (non-hydrogen) atoms. The number of rotatable bonds is 3. The van der Waals surface area contributed by atoms with Crippen LogP contribution in [0.4, 0.5) is 4.79 Å². The molecule has 2 saturated heterocycles. The Hall–Kier alpha value is -2.12. The van der Waals surface area contributed by atoms with E-state index in [1.165, 1.54) is 4.90 Å². The number of hydrogen-bond donors (Lipinski definition) is 3. The minimum Gasteiger partial charge on any atom is -0.342 e. The van der Waals surface area contributed by atoms with Crippen LogP contribution in [0.5, 0.6) is 0 Å². The van der Waals surface area contributed by atoms with Crippen LogP contribution in [-0.4, -0.2) is 52.0 Å². The van der Waals surface area contributed by atoms with Crippen LogP contribution < -0.4 is 10.6 Å². The quantitative estimate of drug-likeness (QED) is 0.733. The number of fused-ring (bicyclic) bond motifs is 1. The lowest BCUT2D eigenvalue weighted by Gasteiger charge is -2.31. The third-order valence-corrected chi connectivity index (χ3v) is 5.00. The topological polar surface area (TPSA) is 90.1 Å². The minimum absolute atomic E-state index is 0.117. The molecule has 1 aromatic carbocycles. The fraction of sp³-hybridized carbons (Fsp3) is 0.438. The highest BCUT2D eigenvalue weighted by molar-refractivity contribution is 6.31. The van der Waals surface area contributed by atoms with Gasteiger partial charge in [-0.3, -0.25) is 9.69 Å². The van der Waals surface area contributed by atoms with Gasteiger partial charge in [-0.15, -0.1) is 0 Å². The van der Waals surface area contributed by atoms with Crippen molar-refractivity contribution in [2.45, 2.75) is 24.8 Å². The maximum absolute atomic E-state index is 12.7. The molecule has 3 amide bonds. The number of piperidine rings is 1. The molecule has 2 aliphatic heterocycles. The SMILES string of the molecule is O=C1NC2(CCNCC2)C(=O)N1CCc1nc2ccc(Cl)cc2[nH]1. The first-order valence-electron chi connectivity index (χ1n) is 8.06. The van der Waals surface area contributed by atoms with Crippen molar-refractivity contribution in [3.05, 3.63) is 29.0 Å². The molecule has 4 rings (SSSR count). The Balaban J connectivity index is 1.48. The molecule has 0 radical (unpaired) electrons. The van der Waals surface area contributed by atoms with Gasteiger partial charge in [-0.25, -0.2) is 9.78 Å². The molecule has 0 saturated carbocycles. The van der Waals surface area contributed by atoms with Crippen molar-refractivity contribution >= 4 is 34.6 Å². The van der Waals surface area contributed by atoms with E-state index in [1.807, 2.05) is 12.1 Å². The Morgan fingerprint density at radius 2 is 2.04 bits per heavy atom. The van der Waals surface area contributed by atoms with Gasteiger partial charge in [0.25, 0.3) is 5.91 Å². The lowest BCUT2D eigenvalue weighted by molar-refractivity contribution is -0.132. The van der Waals surface area contributed by atoms with Crippen molar-refractivity contribution in [1.82, 2.24) is 25.5 Å². The molecule has 3 heterocycles. The summed E-state index contributed by atoms with van der Waals surface area (Å²) >= 11 is 5.97. The van der Waals surface area contributed by atoms with E-state index in [2.05, 4.69) is 20.6 Å². The lowest BCUT2D eigenvalue weighted by Crippen LogP contribution is -2.53. The van der Waals surface area contributed by atoms with Gasteiger partial charge in [-0.2, -0.15) is 0 Å². The van der Waals surface area contributed by atoms with Gasteiger partial charge in [0.15, 0.2) is 0 Å². The van der Waals surface area contributed by atoms with E-state index in [9.17, 15) is 9.59 Å². The van der Waals surface area contributed by atoms with Crippen LogP contribution in [-0.2, 0) is 11.2 Å². The summed E-state index contributed by atoms with van der Waals surface area (Å²) in [5.74, 6) is 0.618. The van der Waals surface area contributed by atoms with Gasteiger partial charge in [-0.1, -0.05) is 11.6 Å². The summed E-state index contributed by atoms with van der Waals surface area (Å²) in [7, 11) is 0. The van der Waals surface area contributed by atoms with Gasteiger partial charge >= 0.3 is 6.03 Å². The molecule has 7 nitrogen and oxygen atoms in total. The molecule has 1 aromatic heterocycles. The van der Waals surface area contributed by atoms with E-state index < -0.39 is 5.54 Å². The number of imidazole rings is 1. The highest BCUT2D eigenvalue weighted by Gasteiger charge is 2.51. The van der Waals surface area contributed by atoms with E-state index in [-0.39, 0.29) is 11.9 Å². The Labute approximate surface area is 143 Å². The van der Waals surface area contributed by atoms with Crippen LogP contribution in [0.1, 0.15) is 18.7 Å². The molecule has 2 aromatic rings. The third kappa shape index (κ3) is 2.53. The van der Waals surface area contributed by atoms with Crippen LogP contribution in [0.15, 0.2) is 18.2 Å². The van der Waals surface area contributed by atoms with Gasteiger partial charge in [0.1, 0.15) is 11.4 Å². The monoisotopic (exact) mass is 347 g/mol. The summed E-state index contributed by atoms with van der Waals surface area (Å²) in [6.07, 6.45) is 1.76. The highest BCUT2D eigenvalue weighted by atomic mass is 35.5. The smallest absolute Gasteiger partial charge is 0.325 e. The molecule has 8 heteroatoms. The first kappa shape index (κ1) is 15.4. The first-order valence-corrected chi connectivity index (χ1v) is 8.44. The van der Waals surface area contributed by atoms with Crippen LogP contribution in [0.3, 0.4) is 0 Å². The van der Waals surface area contributed by atoms with Crippen LogP contribution in [0, 0.1) is 0 Å². The number of aromatic amines is 1. The lowest BCUT2D eigenvalue weighted by atomic mass is 9.88. The van der Waals surface area contributed by atoms with E-state index in [0.717, 1.165) is 29.9 Å². The van der Waals surface area contributed by atoms with E-state index in [1.54, 1.807) is 6.07 Å². The van der Waals surface area contributed by atoms with E-state index >= 15 is 0 Å². The summed E-state index contributed by atoms with van der Waals surface area (Å²) in [5.41, 5.74) is 0.954. The van der Waals surface area contributed by atoms with Crippen molar-refractivity contribution < 1.29 is 9.59 Å². The molecule has 2 fully saturated rings. The van der Waals surface area contributed by atoms with Crippen molar-refractivity contribution in [3.63, 3.8) is 0 Å². The first-order chi connectivity index (χ1) is 11.6. The Morgan fingerprint density at radius 1 is 1.25 bits per heavy atom. The van der Waals surface area contributed by atoms with Gasteiger partial charge < -0.3 is 15.6 Å². The summed E-state index contributed by atoms with van der Waals surface area (Å²) < 4.78 is 0. The number of aromatic nitrogens is 2. The maximum Gasteiger partial charge on any atom is 0.325 e. The van der Waals surface area contributed by atoms with Gasteiger partial charge in [-0.05, 0) is 44.1 Å². The Kier molecular flexibility index (Phi) is 3.69. The second-order valence-corrected chi connectivity index (χ2v) is 6.75. The fourth-order valence-electron chi connectivity index (χ4n) is 3.44. The van der Waals surface area contributed by atoms with Crippen molar-refractivity contribution in [2.75, 3.05) is 19.6 Å². The zero-order chi connectivity index (χ0) is 16.7. The Bertz CT molecular complexity index is 812. The zero-order valence-electron chi connectivity index (χ0n) is 13.1. The highest BCUT2D eigenvalue weighted by Crippen LogP contribution is 2.27. The number of amides is 3. The Morgan fingerprint density at radius 3 is 2.83 bits per heavy atom. The molecule has 126 valence electrons. The summed E-state index contributed by atoms with van der Waals surface area (Å²) in [4.78, 5) is 33.9. The number of benzene rings is 1. The molecule has 0 aliphatic carbocycles. The average molecular weight is 348 g/mol. The van der Waals surface area contributed by atoms with E-state index in [0.29, 0.717) is 30.8 Å². The standard InChI is InChI=1S/C16H18ClN5O2/c17-10-1-2-11-12(9-10)20-13(19-11)3-8-22-14(23)16(21-15(22)24)4-6-18-7-5-16/h1-2,9,18H,3-8H2,(H,19,20)(H,21,24). The van der Waals surface area contributed by atoms with Gasteiger partial charge in [0.05, 0.1) is 11.0 Å². The van der Waals surface area contributed by atoms with Gasteiger partial charge in [0.2, 0.25) is 0 Å². The molecule has 2 aliphatic rings. The number of nitrogens with one attached hydrogen (secondary N) is 3. The van der Waals surface area contributed by atoms with Crippen LogP contribution in [0.25, 0.3) is 11.0 Å². The molecular formula is C16H18ClN5O2. The van der Waals surface area contributed by atoms with Crippen LogP contribution in [0.2, 0.25) is 5.02 Å². The maximum atomic E-state index is 12.7. The minimum atomic E-state index is -0.719. The van der Waals surface area contributed by atoms with Gasteiger partial charge in [0, 0.05) is 18.0 Å². The third-order valence-electron chi connectivity index (χ3n) is 4.77. The number of imide groups is 1. The molecule has 0 atom stereocenters. The predicted octanol–water partition coefficient (Wildman–Crippen LogP) is 1.43. The summed E-state index contributed by atoms with van der Waals surface area (Å²) in [5, 5.41) is 6.74. The second kappa shape index (κ2) is 5.75. The molecule has 0 unspecified atom stereocenters. The van der Waals surface area contributed by atoms with Crippen LogP contribution >= 0.6 is 11.6 Å². The number of H-pyrrole nitrogens is 1. The number of urea groups is 1. The summed E-state index contributed by atoms with van der Waals surface area (Å²) in [6.45, 7) is 1.79. The summed E-state index contributed by atoms with van der Waals surface area (Å²) in [6, 6.07) is 5.13. The molecule has 3 N–H and O–H groups in total. The number of carbonyl (C=O) groups is 2. The van der Waals surface area contributed by atoms with Crippen molar-refractivity contribution in [3.8, 4) is 0 Å². The number of hydrogen-bond acceptors (Lipinski definition) is 4. The number of halogens is 1. The van der Waals surface area contributed by atoms with E-state index in [4.69, 9.17) is 11.6 Å². The molecular weight excluding hydrogens is 330 g/mol. The van der Waals surface area contributed by atoms with Crippen molar-refractivity contribution in [1.29, 1.82) is 0 Å². The predicted molar refractivity (Wildman–Crippen MR) is 89.9 cm³/mol.